The smallest absolute Gasteiger partial charge is 0.0843 e. The van der Waals surface area contributed by atoms with E-state index in [-0.39, 0.29) is 0 Å². The topological polar surface area (TPSA) is 12.5 Å². The van der Waals surface area contributed by atoms with E-state index in [0.29, 0.717) is 6.10 Å². The molecule has 9 heavy (non-hydrogen) atoms. The highest BCUT2D eigenvalue weighted by Crippen LogP contribution is 2.09. The summed E-state index contributed by atoms with van der Waals surface area (Å²) in [7, 11) is 1.03. The van der Waals surface area contributed by atoms with Gasteiger partial charge in [-0.1, -0.05) is 0 Å². The first kappa shape index (κ1) is 7.81. The van der Waals surface area contributed by atoms with Gasteiger partial charge in [-0.15, -0.1) is 0 Å². The molecule has 0 aromatic rings. The lowest BCUT2D eigenvalue weighted by Gasteiger charge is -2.35. The number of ether oxygens (including phenoxy) is 1. The molecule has 0 N–H and O–H groups in total. The van der Waals surface area contributed by atoms with Crippen LogP contribution < -0.4 is 0 Å². The van der Waals surface area contributed by atoms with Crippen molar-refractivity contribution in [1.82, 2.24) is 4.31 Å². The molecule has 0 bridgehead atoms. The summed E-state index contributed by atoms with van der Waals surface area (Å²) in [5.41, 5.74) is 0. The summed E-state index contributed by atoms with van der Waals surface area (Å²) in [6.45, 7) is 1.88. The fourth-order valence-corrected chi connectivity index (χ4v) is 2.13. The van der Waals surface area contributed by atoms with E-state index in [1.807, 2.05) is 0 Å². The van der Waals surface area contributed by atoms with Crippen molar-refractivity contribution in [2.45, 2.75) is 6.10 Å². The second-order valence-electron chi connectivity index (χ2n) is 1.97. The molecule has 0 aliphatic carbocycles. The fraction of sp³-hybridized carbons (Fsp3) is 1.00. The number of nitrogens with zero attached hydrogens (tertiary/aromatic N) is 1. The highest BCUT2D eigenvalue weighted by atomic mass is 33.1. The summed E-state index contributed by atoms with van der Waals surface area (Å²) in [5, 5.41) is 0. The van der Waals surface area contributed by atoms with Gasteiger partial charge in [0, 0.05) is 20.2 Å². The van der Waals surface area contributed by atoms with Gasteiger partial charge in [0.2, 0.25) is 0 Å². The van der Waals surface area contributed by atoms with Crippen LogP contribution in [-0.4, -0.2) is 30.6 Å². The van der Waals surface area contributed by atoms with Gasteiger partial charge in [0.05, 0.1) is 6.10 Å². The maximum atomic E-state index is 5.04. The summed E-state index contributed by atoms with van der Waals surface area (Å²) in [6, 6.07) is 0. The molecule has 1 saturated heterocycles. The molecule has 1 fully saturated rings. The summed E-state index contributed by atoms with van der Waals surface area (Å²) < 4.78 is 7.13. The lowest BCUT2D eigenvalue weighted by Crippen LogP contribution is -2.50. The van der Waals surface area contributed by atoms with Crippen LogP contribution in [0.15, 0.2) is 0 Å². The molecule has 0 amide bonds. The van der Waals surface area contributed by atoms with Crippen molar-refractivity contribution in [3.63, 3.8) is 0 Å². The molecule has 0 saturated carbocycles. The minimum Gasteiger partial charge on any atom is -0.379 e. The van der Waals surface area contributed by atoms with E-state index in [1.54, 1.807) is 7.11 Å². The van der Waals surface area contributed by atoms with Gasteiger partial charge in [-0.2, -0.15) is 0 Å². The van der Waals surface area contributed by atoms with Crippen molar-refractivity contribution in [2.75, 3.05) is 20.2 Å². The van der Waals surface area contributed by atoms with E-state index in [4.69, 9.17) is 27.1 Å². The Labute approximate surface area is 66.1 Å². The van der Waals surface area contributed by atoms with Crippen molar-refractivity contribution >= 4 is 30.6 Å². The molecule has 0 aromatic heterocycles. The third-order valence-corrected chi connectivity index (χ3v) is 3.57. The molecule has 1 heterocycles. The first-order valence-electron chi connectivity index (χ1n) is 2.66. The summed E-state index contributed by atoms with van der Waals surface area (Å²) in [6.07, 6.45) is 0.390. The number of hydrogen-bond acceptors (Lipinski definition) is 3. The van der Waals surface area contributed by atoms with Gasteiger partial charge in [-0.05, 0) is 30.6 Å². The molecule has 0 atom stereocenters. The highest BCUT2D eigenvalue weighted by molar-refractivity contribution is 8.45. The minimum absolute atomic E-state index is 0.390. The van der Waals surface area contributed by atoms with E-state index in [2.05, 4.69) is 4.31 Å². The lowest BCUT2D eigenvalue weighted by molar-refractivity contribution is 0.0176. The van der Waals surface area contributed by atoms with Crippen LogP contribution in [0.5, 0.6) is 0 Å². The van der Waals surface area contributed by atoms with Crippen LogP contribution in [0.2, 0.25) is 0 Å². The van der Waals surface area contributed by atoms with Crippen LogP contribution in [0, 0.1) is 0 Å². The predicted molar refractivity (Wildman–Crippen MR) is 45.9 cm³/mol. The average molecular weight is 183 g/mol. The number of rotatable bonds is 2. The Kier molecular flexibility index (Phi) is 2.78. The summed E-state index contributed by atoms with van der Waals surface area (Å²) in [4.78, 5) is 0. The second-order valence-corrected chi connectivity index (χ2v) is 5.78. The zero-order valence-corrected chi connectivity index (χ0v) is 7.64. The van der Waals surface area contributed by atoms with Crippen LogP contribution in [-0.2, 0) is 35.3 Å². The minimum atomic E-state index is -0.687. The molecule has 1 aliphatic rings. The third-order valence-electron chi connectivity index (χ3n) is 1.39. The van der Waals surface area contributed by atoms with E-state index >= 15 is 0 Å². The first-order valence-corrected chi connectivity index (χ1v) is 5.98. The Balaban J connectivity index is 2.27. The molecule has 1 aliphatic heterocycles. The zero-order chi connectivity index (χ0) is 6.85. The number of hydrogen-bond donors (Lipinski definition) is 1. The van der Waals surface area contributed by atoms with Crippen molar-refractivity contribution in [2.24, 2.45) is 0 Å². The monoisotopic (exact) mass is 183 g/mol. The average Bonchev–Trinajstić information content (AvgIpc) is 1.61. The fourth-order valence-electron chi connectivity index (χ4n) is 0.699. The van der Waals surface area contributed by atoms with Crippen LogP contribution in [0.4, 0.5) is 0 Å². The molecule has 0 radical (unpaired) electrons. The standard InChI is InChI=1S/C4H9NOS3/c1-6-4-2-5(3-4)9(7)8/h4,9H,2-3H2,1H3. The maximum absolute atomic E-state index is 5.04. The number of methoxy groups -OCH3 is 1. The van der Waals surface area contributed by atoms with Gasteiger partial charge < -0.3 is 4.74 Å². The Morgan fingerprint density at radius 2 is 2.11 bits per heavy atom. The van der Waals surface area contributed by atoms with E-state index in [1.165, 1.54) is 0 Å². The number of thiol groups is 1. The Bertz CT molecular complexity index is 153. The molecule has 0 spiro atoms. The molecular formula is C4H9NOS3. The maximum Gasteiger partial charge on any atom is 0.0843 e. The predicted octanol–water partition coefficient (Wildman–Crippen LogP) is -0.494. The van der Waals surface area contributed by atoms with E-state index < -0.39 is 8.20 Å². The molecule has 5 heteroatoms. The molecule has 1 rings (SSSR count). The molecule has 0 unspecified atom stereocenters. The first-order chi connectivity index (χ1) is 4.24. The molecule has 2 nitrogen and oxygen atoms in total. The van der Waals surface area contributed by atoms with Crippen molar-refractivity contribution < 1.29 is 4.74 Å². The van der Waals surface area contributed by atoms with Crippen LogP contribution >= 0.6 is 0 Å². The van der Waals surface area contributed by atoms with Gasteiger partial charge >= 0.3 is 0 Å². The zero-order valence-electron chi connectivity index (χ0n) is 5.11. The van der Waals surface area contributed by atoms with Crippen molar-refractivity contribution in [3.8, 4) is 0 Å². The van der Waals surface area contributed by atoms with E-state index in [0.717, 1.165) is 13.1 Å². The van der Waals surface area contributed by atoms with Gasteiger partial charge in [0.1, 0.15) is 0 Å². The van der Waals surface area contributed by atoms with Gasteiger partial charge in [-0.25, -0.2) is 4.31 Å². The normalized spacial score (nSPS) is 22.4. The Morgan fingerprint density at radius 1 is 1.56 bits per heavy atom. The van der Waals surface area contributed by atoms with Gasteiger partial charge in [0.15, 0.2) is 0 Å². The quantitative estimate of drug-likeness (QED) is 0.580. The lowest BCUT2D eigenvalue weighted by atomic mass is 10.2. The Morgan fingerprint density at radius 3 is 2.44 bits per heavy atom. The summed E-state index contributed by atoms with van der Waals surface area (Å²) >= 11 is 9.81. The van der Waals surface area contributed by atoms with Crippen LogP contribution in [0.25, 0.3) is 0 Å². The van der Waals surface area contributed by atoms with E-state index in [9.17, 15) is 0 Å². The molecule has 0 aromatic carbocycles. The SMILES string of the molecule is COC1CN([SH](=S)=S)C1. The van der Waals surface area contributed by atoms with Crippen LogP contribution in [0.3, 0.4) is 0 Å². The largest absolute Gasteiger partial charge is 0.379 e. The molecular weight excluding hydrogens is 174 g/mol. The highest BCUT2D eigenvalue weighted by Gasteiger charge is 2.25. The Hall–Kier alpha value is 0.710. The molecule has 54 valence electrons. The van der Waals surface area contributed by atoms with Gasteiger partial charge in [-0.3, -0.25) is 0 Å². The second kappa shape index (κ2) is 3.21. The van der Waals surface area contributed by atoms with Crippen molar-refractivity contribution in [3.05, 3.63) is 0 Å². The van der Waals surface area contributed by atoms with Gasteiger partial charge in [0.25, 0.3) is 0 Å². The summed E-state index contributed by atoms with van der Waals surface area (Å²) in [5.74, 6) is 0. The van der Waals surface area contributed by atoms with Crippen LogP contribution in [0.1, 0.15) is 0 Å². The van der Waals surface area contributed by atoms with Crippen molar-refractivity contribution in [1.29, 1.82) is 0 Å². The third kappa shape index (κ3) is 1.81.